The van der Waals surface area contributed by atoms with E-state index < -0.39 is 15.8 Å². The molecule has 0 fully saturated rings. The van der Waals surface area contributed by atoms with Crippen LogP contribution in [0.2, 0.25) is 0 Å². The van der Waals surface area contributed by atoms with Crippen LogP contribution in [-0.4, -0.2) is 13.6 Å². The average molecular weight is 366 g/mol. The minimum absolute atomic E-state index is 0.128. The maximum absolute atomic E-state index is 13.7. The summed E-state index contributed by atoms with van der Waals surface area (Å²) < 4.78 is 47.0. The predicted molar refractivity (Wildman–Crippen MR) is 91.2 cm³/mol. The Bertz CT molecular complexity index is 993. The Kier molecular flexibility index (Phi) is 4.18. The minimum Gasteiger partial charge on any atom is -0.356 e. The fraction of sp³-hybridized carbons (Fsp3) is 0.188. The quantitative estimate of drug-likeness (QED) is 0.748. The van der Waals surface area contributed by atoms with Crippen LogP contribution in [0.15, 0.2) is 39.9 Å². The van der Waals surface area contributed by atoms with Crippen molar-refractivity contribution < 1.29 is 17.3 Å². The molecule has 1 aromatic carbocycles. The Morgan fingerprint density at radius 2 is 1.92 bits per heavy atom. The van der Waals surface area contributed by atoms with Crippen LogP contribution in [0.3, 0.4) is 0 Å². The highest BCUT2D eigenvalue weighted by Gasteiger charge is 2.28. The molecule has 3 rings (SSSR count). The van der Waals surface area contributed by atoms with E-state index in [1.165, 1.54) is 29.7 Å². The maximum atomic E-state index is 13.7. The fourth-order valence-electron chi connectivity index (χ4n) is 2.48. The molecule has 0 atom stereocenters. The summed E-state index contributed by atoms with van der Waals surface area (Å²) in [7, 11) is -3.90. The van der Waals surface area contributed by atoms with Gasteiger partial charge < -0.3 is 4.52 Å². The number of thiophene rings is 1. The molecule has 0 saturated heterocycles. The lowest BCUT2D eigenvalue weighted by molar-refractivity contribution is 0.431. The van der Waals surface area contributed by atoms with Crippen molar-refractivity contribution in [1.82, 2.24) is 5.16 Å². The summed E-state index contributed by atoms with van der Waals surface area (Å²) in [6.07, 6.45) is 1.46. The first-order chi connectivity index (χ1) is 11.3. The molecule has 0 saturated carbocycles. The summed E-state index contributed by atoms with van der Waals surface area (Å²) in [5.41, 5.74) is 1.10. The van der Waals surface area contributed by atoms with Crippen LogP contribution in [0.4, 0.5) is 10.1 Å². The van der Waals surface area contributed by atoms with E-state index in [2.05, 4.69) is 9.88 Å². The Hall–Kier alpha value is -2.19. The van der Waals surface area contributed by atoms with Gasteiger partial charge in [0.2, 0.25) is 0 Å². The van der Waals surface area contributed by atoms with Gasteiger partial charge >= 0.3 is 0 Å². The van der Waals surface area contributed by atoms with Gasteiger partial charge in [-0.15, -0.1) is 11.3 Å². The van der Waals surface area contributed by atoms with Gasteiger partial charge in [-0.2, -0.15) is 0 Å². The molecule has 3 aromatic rings. The Balaban J connectivity index is 2.09. The number of rotatable bonds is 4. The summed E-state index contributed by atoms with van der Waals surface area (Å²) in [6.45, 7) is 5.16. The van der Waals surface area contributed by atoms with Crippen LogP contribution in [0.25, 0.3) is 11.3 Å². The van der Waals surface area contributed by atoms with E-state index in [9.17, 15) is 12.8 Å². The number of sulfonamides is 1. The van der Waals surface area contributed by atoms with Crippen molar-refractivity contribution in [3.05, 3.63) is 51.6 Å². The van der Waals surface area contributed by atoms with Crippen molar-refractivity contribution in [2.24, 2.45) is 0 Å². The topological polar surface area (TPSA) is 72.2 Å². The zero-order valence-electron chi connectivity index (χ0n) is 13.3. The normalized spacial score (nSPS) is 11.7. The molecule has 0 unspecified atom stereocenters. The monoisotopic (exact) mass is 366 g/mol. The summed E-state index contributed by atoms with van der Waals surface area (Å²) in [6, 6.07) is 5.82. The molecule has 8 heteroatoms. The van der Waals surface area contributed by atoms with Crippen LogP contribution in [0.1, 0.15) is 15.3 Å². The molecular weight excluding hydrogens is 351 g/mol. The Morgan fingerprint density at radius 3 is 2.54 bits per heavy atom. The average Bonchev–Trinajstić information content (AvgIpc) is 3.10. The number of hydrogen-bond donors (Lipinski definition) is 1. The van der Waals surface area contributed by atoms with E-state index in [0.29, 0.717) is 21.8 Å². The zero-order chi connectivity index (χ0) is 17.5. The van der Waals surface area contributed by atoms with Gasteiger partial charge in [-0.1, -0.05) is 11.2 Å². The van der Waals surface area contributed by atoms with E-state index in [1.54, 1.807) is 19.9 Å². The van der Waals surface area contributed by atoms with Crippen molar-refractivity contribution in [2.45, 2.75) is 25.7 Å². The number of nitrogens with zero attached hydrogens (tertiary/aromatic N) is 1. The number of nitrogens with one attached hydrogen (secondary N) is 1. The second kappa shape index (κ2) is 6.03. The number of aryl methyl sites for hydroxylation is 3. The molecule has 0 radical (unpaired) electrons. The first kappa shape index (κ1) is 16.7. The zero-order valence-corrected chi connectivity index (χ0v) is 14.9. The summed E-state index contributed by atoms with van der Waals surface area (Å²) in [5, 5.41) is 3.64. The van der Waals surface area contributed by atoms with Crippen molar-refractivity contribution in [3.8, 4) is 11.3 Å². The van der Waals surface area contributed by atoms with Crippen LogP contribution in [0.5, 0.6) is 0 Å². The molecule has 24 heavy (non-hydrogen) atoms. The standard InChI is InChI=1S/C16H15FN2O3S2/c1-9-4-5-12(8-13(9)17)19-24(20,21)16-11(3)23-10(2)15(16)14-6-7-18-22-14/h4-8,19H,1-3H3. The van der Waals surface area contributed by atoms with Gasteiger partial charge in [-0.3, -0.25) is 4.72 Å². The lowest BCUT2D eigenvalue weighted by Gasteiger charge is -2.10. The summed E-state index contributed by atoms with van der Waals surface area (Å²) in [4.78, 5) is 1.56. The predicted octanol–water partition coefficient (Wildman–Crippen LogP) is 4.27. The number of anilines is 1. The third-order valence-electron chi connectivity index (χ3n) is 3.58. The molecule has 0 aliphatic carbocycles. The van der Waals surface area contributed by atoms with Crippen molar-refractivity contribution in [3.63, 3.8) is 0 Å². The van der Waals surface area contributed by atoms with Gasteiger partial charge in [0.15, 0.2) is 5.76 Å². The summed E-state index contributed by atoms with van der Waals surface area (Å²) >= 11 is 1.36. The van der Waals surface area contributed by atoms with Crippen LogP contribution in [0, 0.1) is 26.6 Å². The molecule has 5 nitrogen and oxygen atoms in total. The summed E-state index contributed by atoms with van der Waals surface area (Å²) in [5.74, 6) is -0.0869. The van der Waals surface area contributed by atoms with E-state index in [4.69, 9.17) is 4.52 Å². The number of halogens is 1. The fourth-order valence-corrected chi connectivity index (χ4v) is 5.40. The molecule has 126 valence electrons. The molecule has 2 aromatic heterocycles. The Morgan fingerprint density at radius 1 is 1.17 bits per heavy atom. The molecule has 1 N–H and O–H groups in total. The highest BCUT2D eigenvalue weighted by atomic mass is 32.2. The van der Waals surface area contributed by atoms with Crippen LogP contribution in [-0.2, 0) is 10.0 Å². The smallest absolute Gasteiger partial charge is 0.263 e. The van der Waals surface area contributed by atoms with Crippen LogP contribution < -0.4 is 4.72 Å². The van der Waals surface area contributed by atoms with Crippen molar-refractivity contribution in [1.29, 1.82) is 0 Å². The molecule has 0 aliphatic rings. The Labute approximate surface area is 143 Å². The van der Waals surface area contributed by atoms with Gasteiger partial charge in [0.1, 0.15) is 10.7 Å². The molecule has 0 spiro atoms. The molecule has 0 amide bonds. The second-order valence-electron chi connectivity index (χ2n) is 5.36. The van der Waals surface area contributed by atoms with Gasteiger partial charge in [0.05, 0.1) is 17.4 Å². The molecular formula is C16H15FN2O3S2. The van der Waals surface area contributed by atoms with Gasteiger partial charge in [0.25, 0.3) is 10.0 Å². The van der Waals surface area contributed by atoms with Crippen molar-refractivity contribution >= 4 is 27.0 Å². The van der Waals surface area contributed by atoms with E-state index in [1.807, 2.05) is 6.92 Å². The van der Waals surface area contributed by atoms with E-state index in [0.717, 1.165) is 10.9 Å². The van der Waals surface area contributed by atoms with E-state index >= 15 is 0 Å². The van der Waals surface area contributed by atoms with Gasteiger partial charge in [0, 0.05) is 15.8 Å². The highest BCUT2D eigenvalue weighted by Crippen LogP contribution is 2.39. The van der Waals surface area contributed by atoms with Gasteiger partial charge in [-0.25, -0.2) is 12.8 Å². The lowest BCUT2D eigenvalue weighted by Crippen LogP contribution is -2.14. The second-order valence-corrected chi connectivity index (χ2v) is 8.41. The first-order valence-electron chi connectivity index (χ1n) is 7.09. The largest absolute Gasteiger partial charge is 0.356 e. The highest BCUT2D eigenvalue weighted by molar-refractivity contribution is 7.93. The lowest BCUT2D eigenvalue weighted by atomic mass is 10.2. The third-order valence-corrected chi connectivity index (χ3v) is 6.28. The molecule has 2 heterocycles. The number of benzene rings is 1. The van der Waals surface area contributed by atoms with Crippen LogP contribution >= 0.6 is 11.3 Å². The van der Waals surface area contributed by atoms with Gasteiger partial charge in [-0.05, 0) is 38.5 Å². The minimum atomic E-state index is -3.90. The SMILES string of the molecule is Cc1ccc(NS(=O)(=O)c2c(C)sc(C)c2-c2ccno2)cc1F. The molecule has 0 bridgehead atoms. The third kappa shape index (κ3) is 2.94. The van der Waals surface area contributed by atoms with Crippen molar-refractivity contribution in [2.75, 3.05) is 4.72 Å². The van der Waals surface area contributed by atoms with E-state index in [-0.39, 0.29) is 10.6 Å². The first-order valence-corrected chi connectivity index (χ1v) is 9.39. The number of hydrogen-bond acceptors (Lipinski definition) is 5. The number of aromatic nitrogens is 1. The maximum Gasteiger partial charge on any atom is 0.263 e. The molecule has 0 aliphatic heterocycles.